The Bertz CT molecular complexity index is 962. The van der Waals surface area contributed by atoms with Crippen LogP contribution in [-0.4, -0.2) is 16.6 Å². The Morgan fingerprint density at radius 1 is 1.15 bits per heavy atom. The van der Waals surface area contributed by atoms with Gasteiger partial charge in [0, 0.05) is 17.0 Å². The quantitative estimate of drug-likeness (QED) is 0.638. The third kappa shape index (κ3) is 3.16. The van der Waals surface area contributed by atoms with Crippen LogP contribution in [0.4, 0.5) is 0 Å². The average Bonchev–Trinajstić information content (AvgIpc) is 3.31. The van der Waals surface area contributed by atoms with E-state index in [1.165, 1.54) is 5.01 Å². The summed E-state index contributed by atoms with van der Waals surface area (Å²) in [5.41, 5.74) is 3.41. The molecule has 1 aliphatic heterocycles. The second kappa shape index (κ2) is 6.81. The minimum Gasteiger partial charge on any atom is -0.463 e. The molecule has 1 amide bonds. The summed E-state index contributed by atoms with van der Waals surface area (Å²) in [4.78, 5) is 13.1. The van der Waals surface area contributed by atoms with Gasteiger partial charge in [0.25, 0.3) is 5.91 Å². The van der Waals surface area contributed by atoms with Crippen LogP contribution >= 0.6 is 11.6 Å². The van der Waals surface area contributed by atoms with Crippen molar-refractivity contribution in [1.82, 2.24) is 5.01 Å². The summed E-state index contributed by atoms with van der Waals surface area (Å²) in [5.74, 6) is 0.535. The van der Waals surface area contributed by atoms with Crippen molar-refractivity contribution >= 4 is 23.2 Å². The molecule has 2 aromatic carbocycles. The van der Waals surface area contributed by atoms with Crippen molar-refractivity contribution in [3.63, 3.8) is 0 Å². The van der Waals surface area contributed by atoms with Gasteiger partial charge in [-0.15, -0.1) is 0 Å². The molecule has 0 aliphatic carbocycles. The van der Waals surface area contributed by atoms with Crippen molar-refractivity contribution in [1.29, 1.82) is 0 Å². The van der Waals surface area contributed by atoms with E-state index in [2.05, 4.69) is 5.10 Å². The summed E-state index contributed by atoms with van der Waals surface area (Å²) in [7, 11) is 0. The van der Waals surface area contributed by atoms with Crippen molar-refractivity contribution in [2.24, 2.45) is 5.10 Å². The molecule has 0 saturated heterocycles. The molecule has 1 aliphatic rings. The molecule has 130 valence electrons. The van der Waals surface area contributed by atoms with Gasteiger partial charge < -0.3 is 4.42 Å². The lowest BCUT2D eigenvalue weighted by atomic mass is 10.0. The molecule has 0 saturated carbocycles. The molecule has 2 heterocycles. The van der Waals surface area contributed by atoms with Crippen molar-refractivity contribution in [3.8, 4) is 0 Å². The molecule has 5 heteroatoms. The maximum atomic E-state index is 13.1. The highest BCUT2D eigenvalue weighted by Crippen LogP contribution is 2.35. The fourth-order valence-corrected chi connectivity index (χ4v) is 3.29. The molecular weight excluding hydrogens is 348 g/mol. The number of rotatable bonds is 3. The molecule has 4 rings (SSSR count). The molecule has 1 unspecified atom stereocenters. The van der Waals surface area contributed by atoms with Gasteiger partial charge in [0.2, 0.25) is 0 Å². The molecule has 3 aromatic rings. The zero-order valence-corrected chi connectivity index (χ0v) is 15.0. The fourth-order valence-electron chi connectivity index (χ4n) is 3.09. The first-order valence-corrected chi connectivity index (χ1v) is 8.76. The molecule has 0 bridgehead atoms. The van der Waals surface area contributed by atoms with Crippen LogP contribution in [0.15, 0.2) is 76.4 Å². The maximum Gasteiger partial charge on any atom is 0.274 e. The molecule has 0 fully saturated rings. The maximum absolute atomic E-state index is 13.1. The lowest BCUT2D eigenvalue weighted by Gasteiger charge is -2.22. The predicted octanol–water partition coefficient (Wildman–Crippen LogP) is 5.23. The standard InChI is InChI=1S/C21H17ClN2O2/c1-14-7-9-15(10-8-14)21(25)24-19(16-4-2-5-17(22)12-16)13-18(23-24)20-6-3-11-26-20/h2-12,19H,13H2,1H3. The van der Waals surface area contributed by atoms with Crippen molar-refractivity contribution < 1.29 is 9.21 Å². The van der Waals surface area contributed by atoms with E-state index in [1.54, 1.807) is 6.26 Å². The van der Waals surface area contributed by atoms with E-state index in [0.717, 1.165) is 16.8 Å². The van der Waals surface area contributed by atoms with Gasteiger partial charge in [-0.05, 0) is 48.9 Å². The number of furan rings is 1. The van der Waals surface area contributed by atoms with E-state index in [1.807, 2.05) is 67.6 Å². The first-order chi connectivity index (χ1) is 12.6. The van der Waals surface area contributed by atoms with Crippen molar-refractivity contribution in [2.75, 3.05) is 0 Å². The van der Waals surface area contributed by atoms with Gasteiger partial charge in [-0.1, -0.05) is 41.4 Å². The first kappa shape index (κ1) is 16.6. The van der Waals surface area contributed by atoms with E-state index < -0.39 is 0 Å². The van der Waals surface area contributed by atoms with E-state index in [0.29, 0.717) is 22.8 Å². The highest BCUT2D eigenvalue weighted by Gasteiger charge is 2.34. The number of carbonyl (C=O) groups is 1. The molecule has 0 radical (unpaired) electrons. The van der Waals surface area contributed by atoms with Gasteiger partial charge in [-0.2, -0.15) is 5.10 Å². The summed E-state index contributed by atoms with van der Waals surface area (Å²) in [6.45, 7) is 1.99. The van der Waals surface area contributed by atoms with Crippen LogP contribution in [0.1, 0.15) is 39.7 Å². The fraction of sp³-hybridized carbons (Fsp3) is 0.143. The SMILES string of the molecule is Cc1ccc(C(=O)N2N=C(c3ccco3)CC2c2cccc(Cl)c2)cc1. The Kier molecular flexibility index (Phi) is 4.35. The molecule has 0 N–H and O–H groups in total. The number of hydrazone groups is 1. The first-order valence-electron chi connectivity index (χ1n) is 8.39. The lowest BCUT2D eigenvalue weighted by Crippen LogP contribution is -2.27. The van der Waals surface area contributed by atoms with Gasteiger partial charge in [-0.25, -0.2) is 5.01 Å². The van der Waals surface area contributed by atoms with Crippen LogP contribution in [0, 0.1) is 6.92 Å². The third-order valence-electron chi connectivity index (χ3n) is 4.46. The Morgan fingerprint density at radius 3 is 2.65 bits per heavy atom. The second-order valence-electron chi connectivity index (χ2n) is 6.31. The molecule has 4 nitrogen and oxygen atoms in total. The van der Waals surface area contributed by atoms with Crippen LogP contribution in [0.3, 0.4) is 0 Å². The number of hydrogen-bond donors (Lipinski definition) is 0. The van der Waals surface area contributed by atoms with Gasteiger partial charge in [-0.3, -0.25) is 4.79 Å². The minimum absolute atomic E-state index is 0.142. The topological polar surface area (TPSA) is 45.8 Å². The van der Waals surface area contributed by atoms with Gasteiger partial charge in [0.05, 0.1) is 12.3 Å². The summed E-state index contributed by atoms with van der Waals surface area (Å²) in [6.07, 6.45) is 2.18. The van der Waals surface area contributed by atoms with Crippen LogP contribution in [0.25, 0.3) is 0 Å². The minimum atomic E-state index is -0.220. The highest BCUT2D eigenvalue weighted by molar-refractivity contribution is 6.30. The number of hydrogen-bond acceptors (Lipinski definition) is 3. The Balaban J connectivity index is 1.73. The number of amides is 1. The summed E-state index contributed by atoms with van der Waals surface area (Å²) >= 11 is 6.16. The summed E-state index contributed by atoms with van der Waals surface area (Å²) in [5, 5.41) is 6.75. The Labute approximate surface area is 156 Å². The van der Waals surface area contributed by atoms with Gasteiger partial charge >= 0.3 is 0 Å². The lowest BCUT2D eigenvalue weighted by molar-refractivity contribution is 0.0711. The number of nitrogens with zero attached hydrogens (tertiary/aromatic N) is 2. The third-order valence-corrected chi connectivity index (χ3v) is 4.69. The normalized spacial score (nSPS) is 16.6. The van der Waals surface area contributed by atoms with Crippen LogP contribution < -0.4 is 0 Å². The number of aryl methyl sites for hydroxylation is 1. The van der Waals surface area contributed by atoms with E-state index in [-0.39, 0.29) is 11.9 Å². The zero-order chi connectivity index (χ0) is 18.1. The van der Waals surface area contributed by atoms with Crippen LogP contribution in [0.5, 0.6) is 0 Å². The van der Waals surface area contributed by atoms with E-state index in [4.69, 9.17) is 16.0 Å². The number of halogens is 1. The monoisotopic (exact) mass is 364 g/mol. The number of carbonyl (C=O) groups excluding carboxylic acids is 1. The Morgan fingerprint density at radius 2 is 1.96 bits per heavy atom. The van der Waals surface area contributed by atoms with E-state index >= 15 is 0 Å². The summed E-state index contributed by atoms with van der Waals surface area (Å²) < 4.78 is 5.48. The predicted molar refractivity (Wildman–Crippen MR) is 101 cm³/mol. The van der Waals surface area contributed by atoms with E-state index in [9.17, 15) is 4.79 Å². The van der Waals surface area contributed by atoms with Crippen molar-refractivity contribution in [2.45, 2.75) is 19.4 Å². The second-order valence-corrected chi connectivity index (χ2v) is 6.75. The van der Waals surface area contributed by atoms with Crippen molar-refractivity contribution in [3.05, 3.63) is 94.4 Å². The summed E-state index contributed by atoms with van der Waals surface area (Å²) in [6, 6.07) is 18.5. The highest BCUT2D eigenvalue weighted by atomic mass is 35.5. The molecule has 26 heavy (non-hydrogen) atoms. The average molecular weight is 365 g/mol. The van der Waals surface area contributed by atoms with Gasteiger partial charge in [0.1, 0.15) is 11.5 Å². The van der Waals surface area contributed by atoms with Gasteiger partial charge in [0.15, 0.2) is 0 Å². The number of benzene rings is 2. The Hall–Kier alpha value is -2.85. The smallest absolute Gasteiger partial charge is 0.274 e. The van der Waals surface area contributed by atoms with Crippen LogP contribution in [-0.2, 0) is 0 Å². The zero-order valence-electron chi connectivity index (χ0n) is 14.2. The molecule has 1 atom stereocenters. The molecule has 0 spiro atoms. The molecular formula is C21H17ClN2O2. The molecule has 1 aromatic heterocycles. The van der Waals surface area contributed by atoms with Crippen LogP contribution in [0.2, 0.25) is 5.02 Å². The largest absolute Gasteiger partial charge is 0.463 e.